The van der Waals surface area contributed by atoms with Gasteiger partial charge in [0.2, 0.25) is 0 Å². The van der Waals surface area contributed by atoms with E-state index in [-0.39, 0.29) is 25.7 Å². The van der Waals surface area contributed by atoms with Gasteiger partial charge in [-0.1, -0.05) is 369 Å². The molecular weight excluding hydrogens is 1290 g/mol. The molecule has 0 bridgehead atoms. The molecule has 99 heavy (non-hydrogen) atoms. The number of ether oxygens (including phenoxy) is 4. The topological polar surface area (TPSA) is 237 Å². The largest absolute Gasteiger partial charge is 0.472 e. The molecule has 0 fully saturated rings. The molecule has 588 valence electrons. The fourth-order valence-electron chi connectivity index (χ4n) is 12.4. The summed E-state index contributed by atoms with van der Waals surface area (Å²) in [5.41, 5.74) is 0. The second-order valence-electron chi connectivity index (χ2n) is 29.8. The Balaban J connectivity index is 5.24. The second-order valence-corrected chi connectivity index (χ2v) is 32.7. The summed E-state index contributed by atoms with van der Waals surface area (Å²) < 4.78 is 68.7. The molecule has 0 aliphatic heterocycles. The molecule has 3 N–H and O–H groups in total. The molecule has 0 radical (unpaired) electrons. The predicted octanol–water partition coefficient (Wildman–Crippen LogP) is 23.9. The third kappa shape index (κ3) is 74.1. The number of phosphoric ester groups is 2. The van der Waals surface area contributed by atoms with Gasteiger partial charge in [-0.2, -0.15) is 0 Å². The summed E-state index contributed by atoms with van der Waals surface area (Å²) in [6, 6.07) is 0. The molecule has 0 saturated heterocycles. The highest BCUT2D eigenvalue weighted by Gasteiger charge is 2.30. The van der Waals surface area contributed by atoms with Crippen LogP contribution in [-0.2, 0) is 65.4 Å². The lowest BCUT2D eigenvalue weighted by Gasteiger charge is -2.21. The molecule has 0 amide bonds. The van der Waals surface area contributed by atoms with Gasteiger partial charge in [-0.3, -0.25) is 37.3 Å². The van der Waals surface area contributed by atoms with E-state index in [9.17, 15) is 43.2 Å². The van der Waals surface area contributed by atoms with Gasteiger partial charge >= 0.3 is 39.5 Å². The van der Waals surface area contributed by atoms with Crippen molar-refractivity contribution in [1.82, 2.24) is 0 Å². The number of unbranched alkanes of at least 4 members (excludes halogenated alkanes) is 49. The molecular formula is C80H156O17P2. The number of carbonyl (C=O) groups is 4. The molecule has 0 aromatic rings. The molecule has 0 aliphatic carbocycles. The fraction of sp³-hybridized carbons (Fsp3) is 0.950. The van der Waals surface area contributed by atoms with Crippen LogP contribution >= 0.6 is 15.6 Å². The second kappa shape index (κ2) is 71.7. The predicted molar refractivity (Wildman–Crippen MR) is 405 cm³/mol. The minimum atomic E-state index is -4.96. The number of phosphoric acid groups is 2. The van der Waals surface area contributed by atoms with Gasteiger partial charge in [-0.25, -0.2) is 9.13 Å². The molecule has 0 spiro atoms. The normalized spacial score (nSPS) is 13.9. The van der Waals surface area contributed by atoms with Gasteiger partial charge in [0.15, 0.2) is 12.2 Å². The highest BCUT2D eigenvalue weighted by atomic mass is 31.2. The number of aliphatic hydroxyl groups is 1. The Kier molecular flexibility index (Phi) is 70.3. The quantitative estimate of drug-likeness (QED) is 0.0222. The van der Waals surface area contributed by atoms with E-state index in [4.69, 9.17) is 37.0 Å². The highest BCUT2D eigenvalue weighted by Crippen LogP contribution is 2.45. The van der Waals surface area contributed by atoms with E-state index in [1.54, 1.807) is 0 Å². The zero-order chi connectivity index (χ0) is 72.8. The SMILES string of the molecule is CCCCCCCCCCCCCCCCC(=O)O[C@H](COC(=O)CCCCCCCCCCCC)COP(=O)(O)OC[C@H](O)COP(=O)(O)OC[C@@H](COC(=O)CCCCCCCCCCCCCCCC(C)C)OC(=O)CCCCCCCCCCCCCCCCCCC(C)C. The van der Waals surface area contributed by atoms with Crippen molar-refractivity contribution in [1.29, 1.82) is 0 Å². The Morgan fingerprint density at radius 1 is 0.273 bits per heavy atom. The van der Waals surface area contributed by atoms with Crippen molar-refractivity contribution in [3.8, 4) is 0 Å². The average molecular weight is 1450 g/mol. The summed E-state index contributed by atoms with van der Waals surface area (Å²) in [7, 11) is -9.92. The van der Waals surface area contributed by atoms with E-state index in [2.05, 4.69) is 41.5 Å². The molecule has 0 rings (SSSR count). The lowest BCUT2D eigenvalue weighted by molar-refractivity contribution is -0.161. The smallest absolute Gasteiger partial charge is 0.462 e. The van der Waals surface area contributed by atoms with E-state index in [1.807, 2.05) is 0 Å². The van der Waals surface area contributed by atoms with Gasteiger partial charge < -0.3 is 33.8 Å². The number of rotatable bonds is 79. The Hall–Kier alpha value is -1.94. The number of esters is 4. The minimum absolute atomic E-state index is 0.108. The van der Waals surface area contributed by atoms with Crippen LogP contribution in [-0.4, -0.2) is 96.7 Å². The van der Waals surface area contributed by atoms with Crippen molar-refractivity contribution in [2.24, 2.45) is 11.8 Å². The van der Waals surface area contributed by atoms with E-state index in [0.29, 0.717) is 25.7 Å². The molecule has 0 heterocycles. The summed E-state index contributed by atoms with van der Waals surface area (Å²) in [5.74, 6) is -0.508. The van der Waals surface area contributed by atoms with E-state index < -0.39 is 97.5 Å². The van der Waals surface area contributed by atoms with Crippen LogP contribution in [0.3, 0.4) is 0 Å². The molecule has 0 saturated carbocycles. The fourth-order valence-corrected chi connectivity index (χ4v) is 13.9. The minimum Gasteiger partial charge on any atom is -0.462 e. The molecule has 0 aromatic heterocycles. The molecule has 0 aromatic carbocycles. The monoisotopic (exact) mass is 1450 g/mol. The number of carbonyl (C=O) groups excluding carboxylic acids is 4. The van der Waals surface area contributed by atoms with Crippen LogP contribution in [0.4, 0.5) is 0 Å². The first-order valence-electron chi connectivity index (χ1n) is 41.5. The van der Waals surface area contributed by atoms with Crippen molar-refractivity contribution in [3.05, 3.63) is 0 Å². The maximum atomic E-state index is 13.1. The standard InChI is InChI=1S/C80H156O17P2/c1-7-9-11-13-15-17-19-20-28-34-40-46-52-58-64-79(84)96-75(68-90-77(82)62-56-50-44-38-18-16-14-12-10-8-2)70-94-98(86,87)92-66-74(81)67-93-99(88,89)95-71-76(69-91-78(83)63-57-51-45-39-33-30-25-27-32-37-43-49-55-61-73(5)6)97-80(85)65-59-53-47-41-35-29-24-22-21-23-26-31-36-42-48-54-60-72(3)4/h72-76,81H,7-71H2,1-6H3,(H,86,87)(H,88,89)/t74-,75+,76+/m0/s1. The molecule has 2 unspecified atom stereocenters. The zero-order valence-electron chi connectivity index (χ0n) is 64.8. The van der Waals surface area contributed by atoms with Crippen molar-refractivity contribution >= 4 is 39.5 Å². The summed E-state index contributed by atoms with van der Waals surface area (Å²) in [4.78, 5) is 73.0. The molecule has 17 nitrogen and oxygen atoms in total. The highest BCUT2D eigenvalue weighted by molar-refractivity contribution is 7.47. The maximum absolute atomic E-state index is 13.1. The molecule has 5 atom stereocenters. The first-order chi connectivity index (χ1) is 47.9. The van der Waals surface area contributed by atoms with E-state index >= 15 is 0 Å². The Bertz CT molecular complexity index is 1910. The lowest BCUT2D eigenvalue weighted by atomic mass is 10.0. The lowest BCUT2D eigenvalue weighted by Crippen LogP contribution is -2.30. The van der Waals surface area contributed by atoms with Crippen LogP contribution in [0.25, 0.3) is 0 Å². The Morgan fingerprint density at radius 3 is 0.687 bits per heavy atom. The van der Waals surface area contributed by atoms with Crippen LogP contribution in [0.5, 0.6) is 0 Å². The summed E-state index contributed by atoms with van der Waals surface area (Å²) in [5, 5.41) is 10.6. The third-order valence-corrected chi connectivity index (χ3v) is 20.6. The number of hydrogen-bond donors (Lipinski definition) is 3. The van der Waals surface area contributed by atoms with E-state index in [0.717, 1.165) is 102 Å². The van der Waals surface area contributed by atoms with Gasteiger partial charge in [-0.05, 0) is 37.5 Å². The summed E-state index contributed by atoms with van der Waals surface area (Å²) >= 11 is 0. The van der Waals surface area contributed by atoms with Crippen molar-refractivity contribution in [2.75, 3.05) is 39.6 Å². The van der Waals surface area contributed by atoms with Crippen molar-refractivity contribution in [3.63, 3.8) is 0 Å². The summed E-state index contributed by atoms with van der Waals surface area (Å²) in [6.07, 6.45) is 60.9. The number of aliphatic hydroxyl groups excluding tert-OH is 1. The maximum Gasteiger partial charge on any atom is 0.472 e. The molecule has 0 aliphatic rings. The Morgan fingerprint density at radius 2 is 0.465 bits per heavy atom. The van der Waals surface area contributed by atoms with Crippen LogP contribution < -0.4 is 0 Å². The van der Waals surface area contributed by atoms with Crippen LogP contribution in [0.2, 0.25) is 0 Å². The first kappa shape index (κ1) is 97.1. The van der Waals surface area contributed by atoms with E-state index in [1.165, 1.54) is 238 Å². The number of hydrogen-bond acceptors (Lipinski definition) is 15. The average Bonchev–Trinajstić information content (AvgIpc) is 0.979. The van der Waals surface area contributed by atoms with Crippen LogP contribution in [0, 0.1) is 11.8 Å². The zero-order valence-corrected chi connectivity index (χ0v) is 66.6. The van der Waals surface area contributed by atoms with Gasteiger partial charge in [0.1, 0.15) is 19.3 Å². The van der Waals surface area contributed by atoms with Crippen LogP contribution in [0.15, 0.2) is 0 Å². The molecule has 19 heteroatoms. The van der Waals surface area contributed by atoms with Gasteiger partial charge in [0.25, 0.3) is 0 Å². The van der Waals surface area contributed by atoms with Gasteiger partial charge in [-0.15, -0.1) is 0 Å². The van der Waals surface area contributed by atoms with Gasteiger partial charge in [0, 0.05) is 25.7 Å². The van der Waals surface area contributed by atoms with Crippen molar-refractivity contribution < 1.29 is 80.2 Å². The van der Waals surface area contributed by atoms with Gasteiger partial charge in [0.05, 0.1) is 26.4 Å². The van der Waals surface area contributed by atoms with Crippen molar-refractivity contribution in [2.45, 2.75) is 439 Å². The summed E-state index contributed by atoms with van der Waals surface area (Å²) in [6.45, 7) is 9.67. The first-order valence-corrected chi connectivity index (χ1v) is 44.5. The van der Waals surface area contributed by atoms with Crippen LogP contribution in [0.1, 0.15) is 420 Å². The Labute approximate surface area is 607 Å². The third-order valence-electron chi connectivity index (χ3n) is 18.7.